The largest absolute Gasteiger partial charge is 0.257 e. The van der Waals surface area contributed by atoms with E-state index < -0.39 is 0 Å². The van der Waals surface area contributed by atoms with Crippen LogP contribution in [0.2, 0.25) is 5.02 Å². The van der Waals surface area contributed by atoms with Crippen LogP contribution in [0, 0.1) is 0 Å². The quantitative estimate of drug-likeness (QED) is 0.633. The van der Waals surface area contributed by atoms with Gasteiger partial charge in [0.1, 0.15) is 6.20 Å². The molecule has 0 N–H and O–H groups in total. The van der Waals surface area contributed by atoms with Crippen molar-refractivity contribution < 1.29 is 4.57 Å². The lowest BCUT2D eigenvalue weighted by molar-refractivity contribution is -0.702. The highest BCUT2D eigenvalue weighted by Gasteiger charge is 2.28. The molecule has 0 aliphatic carbocycles. The summed E-state index contributed by atoms with van der Waals surface area (Å²) in [6.07, 6.45) is 5.79. The van der Waals surface area contributed by atoms with Crippen molar-refractivity contribution in [1.82, 2.24) is 4.57 Å². The monoisotopic (exact) mass is 323 g/mol. The molecule has 0 saturated heterocycles. The molecule has 116 valence electrons. The number of hydrogen-bond donors (Lipinski definition) is 0. The third-order valence-electron chi connectivity index (χ3n) is 4.62. The van der Waals surface area contributed by atoms with Gasteiger partial charge >= 0.3 is 0 Å². The lowest BCUT2D eigenvalue weighted by Crippen LogP contribution is -2.37. The minimum atomic E-state index is 0.791. The van der Waals surface area contributed by atoms with Crippen molar-refractivity contribution in [2.24, 2.45) is 0 Å². The molecule has 0 saturated carbocycles. The van der Waals surface area contributed by atoms with Gasteiger partial charge in [-0.3, -0.25) is 0 Å². The summed E-state index contributed by atoms with van der Waals surface area (Å²) in [5, 5.41) is 0.791. The van der Waals surface area contributed by atoms with E-state index in [4.69, 9.17) is 11.6 Å². The highest BCUT2D eigenvalue weighted by molar-refractivity contribution is 6.30. The van der Waals surface area contributed by atoms with Crippen LogP contribution in [0.3, 0.4) is 0 Å². The Hall–Kier alpha value is -2.06. The first-order valence-corrected chi connectivity index (χ1v) is 8.61. The number of halogens is 1. The van der Waals surface area contributed by atoms with Crippen molar-refractivity contribution >= 4 is 11.6 Å². The van der Waals surface area contributed by atoms with E-state index in [0.717, 1.165) is 24.5 Å². The van der Waals surface area contributed by atoms with Crippen LogP contribution in [0.15, 0.2) is 60.8 Å². The Kier molecular flexibility index (Phi) is 3.92. The molecule has 2 nitrogen and oxygen atoms in total. The van der Waals surface area contributed by atoms with Gasteiger partial charge in [-0.25, -0.2) is 9.13 Å². The number of aromatic nitrogens is 2. The molecule has 0 spiro atoms. The number of hydrogen-bond acceptors (Lipinski definition) is 0. The molecule has 4 rings (SSSR count). The molecule has 0 fully saturated rings. The van der Waals surface area contributed by atoms with E-state index in [1.807, 2.05) is 12.1 Å². The highest BCUT2D eigenvalue weighted by atomic mass is 35.5. The zero-order valence-corrected chi connectivity index (χ0v) is 13.8. The second kappa shape index (κ2) is 6.21. The Labute approximate surface area is 142 Å². The fourth-order valence-corrected chi connectivity index (χ4v) is 3.57. The average Bonchev–Trinajstić information content (AvgIpc) is 3.18. The molecular formula is C20H20ClN2+. The molecule has 0 bridgehead atoms. The summed E-state index contributed by atoms with van der Waals surface area (Å²) >= 11 is 6.03. The summed E-state index contributed by atoms with van der Waals surface area (Å²) in [7, 11) is 0. The van der Waals surface area contributed by atoms with Crippen molar-refractivity contribution in [3.05, 3.63) is 77.2 Å². The predicted molar refractivity (Wildman–Crippen MR) is 93.5 cm³/mol. The Morgan fingerprint density at radius 2 is 1.78 bits per heavy atom. The number of fused-ring (bicyclic) bond motifs is 1. The van der Waals surface area contributed by atoms with Crippen LogP contribution >= 0.6 is 11.6 Å². The Bertz CT molecular complexity index is 804. The van der Waals surface area contributed by atoms with Crippen LogP contribution < -0.4 is 4.57 Å². The summed E-state index contributed by atoms with van der Waals surface area (Å²) < 4.78 is 4.90. The van der Waals surface area contributed by atoms with E-state index in [1.165, 1.54) is 35.5 Å². The van der Waals surface area contributed by atoms with Crippen molar-refractivity contribution in [3.63, 3.8) is 0 Å². The molecule has 2 aromatic carbocycles. The van der Waals surface area contributed by atoms with Crippen LogP contribution in [0.1, 0.15) is 17.8 Å². The van der Waals surface area contributed by atoms with Crippen molar-refractivity contribution in [2.45, 2.75) is 32.4 Å². The second-order valence-corrected chi connectivity index (χ2v) is 6.56. The third kappa shape index (κ3) is 2.91. The van der Waals surface area contributed by atoms with Gasteiger partial charge in [0.2, 0.25) is 0 Å². The van der Waals surface area contributed by atoms with Crippen molar-refractivity contribution in [3.8, 4) is 11.3 Å². The van der Waals surface area contributed by atoms with Gasteiger partial charge in [-0.2, -0.15) is 0 Å². The van der Waals surface area contributed by atoms with Gasteiger partial charge in [-0.15, -0.1) is 0 Å². The molecule has 23 heavy (non-hydrogen) atoms. The van der Waals surface area contributed by atoms with E-state index in [9.17, 15) is 0 Å². The second-order valence-electron chi connectivity index (χ2n) is 6.12. The van der Waals surface area contributed by atoms with Gasteiger partial charge in [0.05, 0.1) is 19.5 Å². The highest BCUT2D eigenvalue weighted by Crippen LogP contribution is 2.26. The predicted octanol–water partition coefficient (Wildman–Crippen LogP) is 4.28. The first-order valence-electron chi connectivity index (χ1n) is 8.23. The zero-order chi connectivity index (χ0) is 15.6. The summed E-state index contributed by atoms with van der Waals surface area (Å²) in [5.74, 6) is 1.45. The molecule has 0 radical (unpaired) electrons. The zero-order valence-electron chi connectivity index (χ0n) is 13.1. The van der Waals surface area contributed by atoms with E-state index in [1.54, 1.807) is 0 Å². The molecule has 3 heteroatoms. The SMILES string of the molecule is Clc1ccc(-c2c[n+](CCc3ccccc3)c3n2CCC3)cc1. The van der Waals surface area contributed by atoms with Gasteiger partial charge in [-0.05, 0) is 36.2 Å². The summed E-state index contributed by atoms with van der Waals surface area (Å²) in [6, 6.07) is 18.9. The minimum Gasteiger partial charge on any atom is -0.233 e. The lowest BCUT2D eigenvalue weighted by atomic mass is 10.1. The van der Waals surface area contributed by atoms with Crippen LogP contribution in [0.25, 0.3) is 11.3 Å². The maximum absolute atomic E-state index is 6.03. The van der Waals surface area contributed by atoms with Crippen molar-refractivity contribution in [1.29, 1.82) is 0 Å². The van der Waals surface area contributed by atoms with Crippen LogP contribution in [0.4, 0.5) is 0 Å². The van der Waals surface area contributed by atoms with Crippen molar-refractivity contribution in [2.75, 3.05) is 0 Å². The minimum absolute atomic E-state index is 0.791. The fraction of sp³-hybridized carbons (Fsp3) is 0.250. The Morgan fingerprint density at radius 3 is 2.57 bits per heavy atom. The topological polar surface area (TPSA) is 8.81 Å². The number of rotatable bonds is 4. The maximum Gasteiger partial charge on any atom is 0.257 e. The summed E-state index contributed by atoms with van der Waals surface area (Å²) in [5.41, 5.74) is 3.95. The van der Waals surface area contributed by atoms with E-state index in [2.05, 4.69) is 57.8 Å². The number of aryl methyl sites for hydroxylation is 2. The lowest BCUT2D eigenvalue weighted by Gasteiger charge is -2.00. The molecule has 1 aliphatic heterocycles. The summed E-state index contributed by atoms with van der Waals surface area (Å²) in [6.45, 7) is 2.15. The maximum atomic E-state index is 6.03. The Morgan fingerprint density at radius 1 is 1.00 bits per heavy atom. The molecule has 2 heterocycles. The average molecular weight is 324 g/mol. The van der Waals surface area contributed by atoms with Crippen LogP contribution in [-0.4, -0.2) is 4.57 Å². The van der Waals surface area contributed by atoms with E-state index in [-0.39, 0.29) is 0 Å². The van der Waals surface area contributed by atoms with E-state index >= 15 is 0 Å². The normalized spacial score (nSPS) is 13.3. The first kappa shape index (κ1) is 14.5. The smallest absolute Gasteiger partial charge is 0.233 e. The number of benzene rings is 2. The summed E-state index contributed by atoms with van der Waals surface area (Å²) in [4.78, 5) is 0. The van der Waals surface area contributed by atoms with Gasteiger partial charge in [-0.1, -0.05) is 41.9 Å². The third-order valence-corrected chi connectivity index (χ3v) is 4.87. The standard InChI is InChI=1S/C20H20ClN2/c21-18-10-8-17(9-11-18)19-15-22(20-7-4-13-23(19)20)14-12-16-5-2-1-3-6-16/h1-3,5-6,8-11,15H,4,7,12-14H2/q+1. The number of nitrogens with zero attached hydrogens (tertiary/aromatic N) is 2. The first-order chi connectivity index (χ1) is 11.3. The van der Waals surface area contributed by atoms with Crippen LogP contribution in [-0.2, 0) is 25.9 Å². The molecule has 0 atom stereocenters. The molecule has 0 unspecified atom stereocenters. The molecule has 1 aromatic heterocycles. The Balaban J connectivity index is 1.63. The molecular weight excluding hydrogens is 304 g/mol. The molecule has 3 aromatic rings. The molecule has 1 aliphatic rings. The van der Waals surface area contributed by atoms with Gasteiger partial charge in [0.25, 0.3) is 5.82 Å². The van der Waals surface area contributed by atoms with Gasteiger partial charge in [0.15, 0.2) is 5.69 Å². The van der Waals surface area contributed by atoms with Gasteiger partial charge in [0, 0.05) is 17.0 Å². The van der Waals surface area contributed by atoms with Crippen LogP contribution in [0.5, 0.6) is 0 Å². The van der Waals surface area contributed by atoms with E-state index in [0.29, 0.717) is 0 Å². The fourth-order valence-electron chi connectivity index (χ4n) is 3.45. The molecule has 0 amide bonds. The number of imidazole rings is 1. The van der Waals surface area contributed by atoms with Gasteiger partial charge < -0.3 is 0 Å².